The van der Waals surface area contributed by atoms with Crippen LogP contribution in [0.15, 0.2) is 24.3 Å². The second kappa shape index (κ2) is 5.89. The van der Waals surface area contributed by atoms with Crippen molar-refractivity contribution in [2.75, 3.05) is 33.0 Å². The van der Waals surface area contributed by atoms with E-state index in [2.05, 4.69) is 10.7 Å². The molecule has 1 aromatic rings. The highest BCUT2D eigenvalue weighted by molar-refractivity contribution is 6.30. The maximum Gasteiger partial charge on any atom is 0.266 e. The lowest BCUT2D eigenvalue weighted by atomic mass is 10.3. The maximum absolute atomic E-state index is 11.5. The molecular formula is C12H19ClN3O+. The summed E-state index contributed by atoms with van der Waals surface area (Å²) in [6.07, 6.45) is 0.433. The van der Waals surface area contributed by atoms with E-state index < -0.39 is 0 Å². The van der Waals surface area contributed by atoms with Crippen LogP contribution in [0.1, 0.15) is 6.42 Å². The highest BCUT2D eigenvalue weighted by Crippen LogP contribution is 2.14. The van der Waals surface area contributed by atoms with Crippen LogP contribution in [0.4, 0.5) is 5.69 Å². The first kappa shape index (κ1) is 13.8. The van der Waals surface area contributed by atoms with E-state index in [1.165, 1.54) is 0 Å². The highest BCUT2D eigenvalue weighted by Gasteiger charge is 2.11. The molecule has 0 heterocycles. The van der Waals surface area contributed by atoms with Crippen molar-refractivity contribution in [3.63, 3.8) is 0 Å². The lowest BCUT2D eigenvalue weighted by molar-refractivity contribution is -0.906. The van der Waals surface area contributed by atoms with Crippen molar-refractivity contribution in [2.24, 2.45) is 0 Å². The molecular weight excluding hydrogens is 238 g/mol. The van der Waals surface area contributed by atoms with Gasteiger partial charge in [-0.25, -0.2) is 10.0 Å². The third-order valence-electron chi connectivity index (χ3n) is 1.97. The van der Waals surface area contributed by atoms with Crippen molar-refractivity contribution in [1.29, 1.82) is 0 Å². The van der Waals surface area contributed by atoms with E-state index in [4.69, 9.17) is 11.6 Å². The minimum absolute atomic E-state index is 0.0204. The molecule has 0 aliphatic rings. The molecule has 0 unspecified atom stereocenters. The number of nitrogens with one attached hydrogen (secondary N) is 2. The first-order chi connectivity index (χ1) is 7.87. The zero-order chi connectivity index (χ0) is 12.9. The Morgan fingerprint density at radius 1 is 1.35 bits per heavy atom. The Morgan fingerprint density at radius 3 is 2.65 bits per heavy atom. The standard InChI is InChI=1S/C12H18ClN3O/c1-16(2,3)15-12(17)7-8-14-11-6-4-5-10(13)9-11/h4-6,9,14H,7-8H2,1-3H3/p+1. The molecule has 1 aromatic carbocycles. The molecule has 1 rings (SSSR count). The van der Waals surface area contributed by atoms with Crippen LogP contribution in [0.2, 0.25) is 5.02 Å². The fraction of sp³-hybridized carbons (Fsp3) is 0.417. The summed E-state index contributed by atoms with van der Waals surface area (Å²) in [6, 6.07) is 7.44. The molecule has 94 valence electrons. The quantitative estimate of drug-likeness (QED) is 0.624. The Labute approximate surface area is 107 Å². The summed E-state index contributed by atoms with van der Waals surface area (Å²) in [7, 11) is 5.72. The molecule has 0 saturated carbocycles. The van der Waals surface area contributed by atoms with Crippen molar-refractivity contribution >= 4 is 23.2 Å². The second-order valence-electron chi connectivity index (χ2n) is 4.73. The number of amides is 1. The minimum Gasteiger partial charge on any atom is -0.384 e. The molecule has 0 aliphatic carbocycles. The van der Waals surface area contributed by atoms with Gasteiger partial charge in [0.2, 0.25) is 0 Å². The maximum atomic E-state index is 11.5. The van der Waals surface area contributed by atoms with Crippen LogP contribution in [-0.2, 0) is 4.79 Å². The molecule has 0 bridgehead atoms. The van der Waals surface area contributed by atoms with Crippen LogP contribution in [0.25, 0.3) is 0 Å². The van der Waals surface area contributed by atoms with E-state index in [0.717, 1.165) is 5.69 Å². The van der Waals surface area contributed by atoms with Crippen LogP contribution < -0.4 is 10.7 Å². The van der Waals surface area contributed by atoms with Crippen molar-refractivity contribution in [3.05, 3.63) is 29.3 Å². The lowest BCUT2D eigenvalue weighted by Gasteiger charge is -2.23. The summed E-state index contributed by atoms with van der Waals surface area (Å²) in [5, 5.41) is 3.84. The molecule has 5 heteroatoms. The Morgan fingerprint density at radius 2 is 2.06 bits per heavy atom. The normalized spacial score (nSPS) is 11.1. The van der Waals surface area contributed by atoms with E-state index in [0.29, 0.717) is 22.6 Å². The molecule has 0 radical (unpaired) electrons. The third kappa shape index (κ3) is 6.14. The third-order valence-corrected chi connectivity index (χ3v) is 2.20. The fourth-order valence-corrected chi connectivity index (χ4v) is 1.54. The topological polar surface area (TPSA) is 41.1 Å². The first-order valence-electron chi connectivity index (χ1n) is 5.49. The molecule has 17 heavy (non-hydrogen) atoms. The predicted octanol–water partition coefficient (Wildman–Crippen LogP) is 1.88. The van der Waals surface area contributed by atoms with Gasteiger partial charge in [-0.15, -0.1) is 0 Å². The average molecular weight is 257 g/mol. The van der Waals surface area contributed by atoms with Crippen molar-refractivity contribution < 1.29 is 9.39 Å². The monoisotopic (exact) mass is 256 g/mol. The molecule has 0 fully saturated rings. The largest absolute Gasteiger partial charge is 0.384 e. The number of anilines is 1. The SMILES string of the molecule is C[N+](C)(C)NC(=O)CCNc1cccc(Cl)c1. The molecule has 1 amide bonds. The number of benzene rings is 1. The summed E-state index contributed by atoms with van der Waals surface area (Å²) in [4.78, 5) is 11.5. The number of nitrogens with zero attached hydrogens (tertiary/aromatic N) is 1. The van der Waals surface area contributed by atoms with Gasteiger partial charge in [0.05, 0.1) is 21.1 Å². The van der Waals surface area contributed by atoms with E-state index in [1.54, 1.807) is 0 Å². The highest BCUT2D eigenvalue weighted by atomic mass is 35.5. The van der Waals surface area contributed by atoms with Crippen LogP contribution in [0, 0.1) is 0 Å². The number of halogens is 1. The number of carbonyl (C=O) groups excluding carboxylic acids is 1. The van der Waals surface area contributed by atoms with Gasteiger partial charge in [-0.3, -0.25) is 4.79 Å². The van der Waals surface area contributed by atoms with E-state index in [1.807, 2.05) is 45.4 Å². The summed E-state index contributed by atoms with van der Waals surface area (Å²) in [5.41, 5.74) is 3.78. The number of quaternary nitrogens is 1. The molecule has 0 aliphatic heterocycles. The first-order valence-corrected chi connectivity index (χ1v) is 5.86. The Kier molecular flexibility index (Phi) is 4.78. The lowest BCUT2D eigenvalue weighted by Crippen LogP contribution is -2.51. The van der Waals surface area contributed by atoms with Gasteiger partial charge in [0.1, 0.15) is 0 Å². The zero-order valence-electron chi connectivity index (χ0n) is 10.5. The van der Waals surface area contributed by atoms with Crippen molar-refractivity contribution in [1.82, 2.24) is 5.43 Å². The molecule has 4 nitrogen and oxygen atoms in total. The molecule has 2 N–H and O–H groups in total. The summed E-state index contributed by atoms with van der Waals surface area (Å²) < 4.78 is 0.427. The van der Waals surface area contributed by atoms with Gasteiger partial charge >= 0.3 is 0 Å². The van der Waals surface area contributed by atoms with E-state index in [9.17, 15) is 4.79 Å². The van der Waals surface area contributed by atoms with Crippen LogP contribution in [0.3, 0.4) is 0 Å². The van der Waals surface area contributed by atoms with Crippen LogP contribution in [0.5, 0.6) is 0 Å². The van der Waals surface area contributed by atoms with Crippen LogP contribution in [-0.4, -0.2) is 38.2 Å². The Hall–Kier alpha value is -1.26. The zero-order valence-corrected chi connectivity index (χ0v) is 11.2. The number of hydrogen-bond donors (Lipinski definition) is 2. The van der Waals surface area contributed by atoms with Crippen molar-refractivity contribution in [3.8, 4) is 0 Å². The summed E-state index contributed by atoms with van der Waals surface area (Å²) >= 11 is 5.85. The van der Waals surface area contributed by atoms with Gasteiger partial charge in [-0.2, -0.15) is 0 Å². The Bertz CT molecular complexity index is 388. The van der Waals surface area contributed by atoms with Gasteiger partial charge < -0.3 is 5.32 Å². The number of hydrogen-bond acceptors (Lipinski definition) is 2. The van der Waals surface area contributed by atoms with Gasteiger partial charge in [-0.05, 0) is 18.2 Å². The predicted molar refractivity (Wildman–Crippen MR) is 70.7 cm³/mol. The summed E-state index contributed by atoms with van der Waals surface area (Å²) in [5.74, 6) is 0.0204. The minimum atomic E-state index is 0.0204. The Balaban J connectivity index is 2.31. The van der Waals surface area contributed by atoms with Gasteiger partial charge in [0.15, 0.2) is 0 Å². The average Bonchev–Trinajstić information content (AvgIpc) is 2.14. The van der Waals surface area contributed by atoms with Crippen LogP contribution >= 0.6 is 11.6 Å². The molecule has 0 saturated heterocycles. The second-order valence-corrected chi connectivity index (χ2v) is 5.17. The van der Waals surface area contributed by atoms with E-state index >= 15 is 0 Å². The molecule has 0 atom stereocenters. The number of carbonyl (C=O) groups is 1. The van der Waals surface area contributed by atoms with Crippen molar-refractivity contribution in [2.45, 2.75) is 6.42 Å². The summed E-state index contributed by atoms with van der Waals surface area (Å²) in [6.45, 7) is 0.589. The molecule has 0 aromatic heterocycles. The fourth-order valence-electron chi connectivity index (χ4n) is 1.35. The smallest absolute Gasteiger partial charge is 0.266 e. The van der Waals surface area contributed by atoms with E-state index in [-0.39, 0.29) is 5.91 Å². The van der Waals surface area contributed by atoms with Gasteiger partial charge in [0.25, 0.3) is 5.91 Å². The van der Waals surface area contributed by atoms with Gasteiger partial charge in [0, 0.05) is 23.7 Å². The molecule has 0 spiro atoms. The van der Waals surface area contributed by atoms with Gasteiger partial charge in [-0.1, -0.05) is 17.7 Å². The number of rotatable bonds is 5.